The number of aromatic nitrogens is 2. The zero-order valence-electron chi connectivity index (χ0n) is 19.4. The normalized spacial score (nSPS) is 13.2. The van der Waals surface area contributed by atoms with Crippen LogP contribution < -0.4 is 5.32 Å². The monoisotopic (exact) mass is 481 g/mol. The van der Waals surface area contributed by atoms with Gasteiger partial charge in [-0.3, -0.25) is 9.59 Å². The Morgan fingerprint density at radius 3 is 2.34 bits per heavy atom. The molecule has 35 heavy (non-hydrogen) atoms. The van der Waals surface area contributed by atoms with Crippen LogP contribution in [0.4, 0.5) is 10.1 Å². The topological polar surface area (TPSA) is 125 Å². The number of carboxylic acid groups (broad SMARTS) is 1. The molecule has 0 bridgehead atoms. The molecule has 0 saturated heterocycles. The van der Waals surface area contributed by atoms with Gasteiger partial charge in [-0.1, -0.05) is 38.1 Å². The Labute approximate surface area is 202 Å². The number of carboxylic acids is 1. The molecule has 9 heteroatoms. The highest BCUT2D eigenvalue weighted by atomic mass is 19.1. The smallest absolute Gasteiger partial charge is 0.305 e. The Bertz CT molecular complexity index is 1190. The number of para-hydroxylation sites is 1. The number of amides is 1. The van der Waals surface area contributed by atoms with E-state index in [4.69, 9.17) is 5.11 Å². The van der Waals surface area contributed by atoms with Gasteiger partial charge in [0.05, 0.1) is 30.0 Å². The molecule has 2 atom stereocenters. The predicted molar refractivity (Wildman–Crippen MR) is 130 cm³/mol. The van der Waals surface area contributed by atoms with Gasteiger partial charge in [0, 0.05) is 17.7 Å². The number of aliphatic carboxylic acids is 1. The highest BCUT2D eigenvalue weighted by molar-refractivity contribution is 6.04. The fraction of sp³-hybridized carbons (Fsp3) is 0.269. The molecule has 0 spiro atoms. The van der Waals surface area contributed by atoms with Crippen LogP contribution in [0.15, 0.2) is 60.7 Å². The second-order valence-electron chi connectivity index (χ2n) is 8.42. The van der Waals surface area contributed by atoms with Gasteiger partial charge in [-0.2, -0.15) is 5.10 Å². The van der Waals surface area contributed by atoms with Crippen molar-refractivity contribution >= 4 is 23.6 Å². The van der Waals surface area contributed by atoms with Crippen LogP contribution in [0.3, 0.4) is 0 Å². The van der Waals surface area contributed by atoms with Gasteiger partial charge in [0.2, 0.25) is 0 Å². The predicted octanol–water partition coefficient (Wildman–Crippen LogP) is 3.99. The van der Waals surface area contributed by atoms with E-state index in [1.807, 2.05) is 19.9 Å². The zero-order chi connectivity index (χ0) is 25.5. The molecule has 0 aliphatic carbocycles. The summed E-state index contributed by atoms with van der Waals surface area (Å²) in [5.74, 6) is -2.16. The van der Waals surface area contributed by atoms with Crippen molar-refractivity contribution in [2.45, 2.75) is 44.8 Å². The number of halogens is 1. The summed E-state index contributed by atoms with van der Waals surface area (Å²) < 4.78 is 15.0. The van der Waals surface area contributed by atoms with E-state index in [0.717, 1.165) is 0 Å². The summed E-state index contributed by atoms with van der Waals surface area (Å²) in [4.78, 5) is 23.9. The number of hydrogen-bond donors (Lipinski definition) is 4. The number of benzene rings is 2. The number of nitrogens with one attached hydrogen (secondary N) is 1. The second kappa shape index (κ2) is 11.5. The summed E-state index contributed by atoms with van der Waals surface area (Å²) in [5, 5.41) is 36.3. The van der Waals surface area contributed by atoms with Crippen molar-refractivity contribution in [2.24, 2.45) is 0 Å². The molecule has 3 rings (SSSR count). The van der Waals surface area contributed by atoms with E-state index >= 15 is 0 Å². The Morgan fingerprint density at radius 1 is 1.09 bits per heavy atom. The first-order valence-electron chi connectivity index (χ1n) is 11.2. The Kier molecular flexibility index (Phi) is 8.51. The number of aliphatic hydroxyl groups excluding tert-OH is 2. The average molecular weight is 482 g/mol. The van der Waals surface area contributed by atoms with Gasteiger partial charge in [0.1, 0.15) is 5.82 Å². The van der Waals surface area contributed by atoms with Gasteiger partial charge in [-0.15, -0.1) is 0 Å². The maximum atomic E-state index is 13.5. The molecule has 1 aromatic heterocycles. The van der Waals surface area contributed by atoms with E-state index in [0.29, 0.717) is 22.6 Å². The van der Waals surface area contributed by atoms with Crippen molar-refractivity contribution in [2.75, 3.05) is 5.32 Å². The fourth-order valence-electron chi connectivity index (χ4n) is 3.68. The summed E-state index contributed by atoms with van der Waals surface area (Å²) >= 11 is 0. The van der Waals surface area contributed by atoms with Gasteiger partial charge < -0.3 is 20.6 Å². The molecule has 1 amide bonds. The first-order chi connectivity index (χ1) is 16.7. The Balaban J connectivity index is 2.02. The molecular formula is C26H28FN3O5. The summed E-state index contributed by atoms with van der Waals surface area (Å²) in [6.07, 6.45) is -0.0325. The van der Waals surface area contributed by atoms with Crippen LogP contribution in [0.1, 0.15) is 54.4 Å². The molecule has 0 fully saturated rings. The first-order valence-corrected chi connectivity index (χ1v) is 11.2. The highest BCUT2D eigenvalue weighted by Gasteiger charge is 2.25. The van der Waals surface area contributed by atoms with Crippen LogP contribution >= 0.6 is 0 Å². The molecule has 0 aliphatic heterocycles. The van der Waals surface area contributed by atoms with E-state index in [-0.39, 0.29) is 18.0 Å². The molecule has 0 aliphatic rings. The van der Waals surface area contributed by atoms with E-state index < -0.39 is 36.3 Å². The molecular weight excluding hydrogens is 453 g/mol. The number of anilines is 1. The summed E-state index contributed by atoms with van der Waals surface area (Å²) in [7, 11) is 0. The third-order valence-corrected chi connectivity index (χ3v) is 5.25. The molecule has 2 unspecified atom stereocenters. The number of hydrogen-bond acceptors (Lipinski definition) is 5. The molecule has 4 N–H and O–H groups in total. The van der Waals surface area contributed by atoms with E-state index in [1.54, 1.807) is 30.3 Å². The largest absolute Gasteiger partial charge is 0.481 e. The minimum absolute atomic E-state index is 0.143. The lowest BCUT2D eigenvalue weighted by Gasteiger charge is -2.12. The maximum Gasteiger partial charge on any atom is 0.305 e. The Hall–Kier alpha value is -3.82. The van der Waals surface area contributed by atoms with Crippen molar-refractivity contribution in [3.8, 4) is 5.69 Å². The van der Waals surface area contributed by atoms with Crippen LogP contribution in [-0.4, -0.2) is 49.2 Å². The number of aliphatic hydroxyl groups is 2. The van der Waals surface area contributed by atoms with Crippen LogP contribution in [-0.2, 0) is 4.79 Å². The Morgan fingerprint density at radius 2 is 1.74 bits per heavy atom. The van der Waals surface area contributed by atoms with Gasteiger partial charge in [-0.25, -0.2) is 9.07 Å². The quantitative estimate of drug-likeness (QED) is 0.347. The van der Waals surface area contributed by atoms with Crippen LogP contribution in [0.5, 0.6) is 0 Å². The number of nitrogens with zero attached hydrogens (tertiary/aromatic N) is 2. The van der Waals surface area contributed by atoms with Gasteiger partial charge in [0.15, 0.2) is 5.69 Å². The minimum Gasteiger partial charge on any atom is -0.481 e. The molecule has 0 saturated carbocycles. The molecule has 8 nitrogen and oxygen atoms in total. The van der Waals surface area contributed by atoms with Crippen LogP contribution in [0.25, 0.3) is 11.8 Å². The average Bonchev–Trinajstić information content (AvgIpc) is 3.18. The maximum absolute atomic E-state index is 13.5. The van der Waals surface area contributed by atoms with Crippen molar-refractivity contribution < 1.29 is 29.3 Å². The lowest BCUT2D eigenvalue weighted by atomic mass is 9.98. The van der Waals surface area contributed by atoms with Crippen molar-refractivity contribution in [1.29, 1.82) is 0 Å². The zero-order valence-corrected chi connectivity index (χ0v) is 19.4. The van der Waals surface area contributed by atoms with Crippen LogP contribution in [0, 0.1) is 5.82 Å². The first kappa shape index (κ1) is 25.8. The molecule has 2 aromatic carbocycles. The van der Waals surface area contributed by atoms with E-state index in [9.17, 15) is 24.2 Å². The van der Waals surface area contributed by atoms with Crippen LogP contribution in [0.2, 0.25) is 0 Å². The van der Waals surface area contributed by atoms with Crippen molar-refractivity contribution in [3.05, 3.63) is 83.4 Å². The van der Waals surface area contributed by atoms with Gasteiger partial charge in [-0.05, 0) is 48.4 Å². The molecule has 0 radical (unpaired) electrons. The van der Waals surface area contributed by atoms with E-state index in [1.165, 1.54) is 35.0 Å². The minimum atomic E-state index is -1.22. The van der Waals surface area contributed by atoms with E-state index in [2.05, 4.69) is 10.4 Å². The van der Waals surface area contributed by atoms with Crippen molar-refractivity contribution in [3.63, 3.8) is 0 Å². The summed E-state index contributed by atoms with van der Waals surface area (Å²) in [6.45, 7) is 3.80. The fourth-order valence-corrected chi connectivity index (χ4v) is 3.68. The lowest BCUT2D eigenvalue weighted by molar-refractivity contribution is -0.139. The van der Waals surface area contributed by atoms with Gasteiger partial charge >= 0.3 is 5.97 Å². The third kappa shape index (κ3) is 6.84. The second-order valence-corrected chi connectivity index (χ2v) is 8.42. The molecule has 1 heterocycles. The lowest BCUT2D eigenvalue weighted by Crippen LogP contribution is -2.19. The van der Waals surface area contributed by atoms with Gasteiger partial charge in [0.25, 0.3) is 5.91 Å². The summed E-state index contributed by atoms with van der Waals surface area (Å²) in [5.41, 5.74) is 2.39. The van der Waals surface area contributed by atoms with Crippen molar-refractivity contribution in [1.82, 2.24) is 9.78 Å². The SMILES string of the molecule is CC(C)c1c(C(=O)Nc2ccccc2)nn(-c2ccc(F)cc2)c1/C=C/C(O)CC(O)CC(=O)O. The third-order valence-electron chi connectivity index (χ3n) is 5.25. The number of rotatable bonds is 10. The highest BCUT2D eigenvalue weighted by Crippen LogP contribution is 2.28. The number of carbonyl (C=O) groups excluding carboxylic acids is 1. The summed E-state index contributed by atoms with van der Waals surface area (Å²) in [6, 6.07) is 14.5. The number of carbonyl (C=O) groups is 2. The molecule has 3 aromatic rings. The molecule has 184 valence electrons. The standard InChI is InChI=1S/C26H28FN3O5/c1-16(2)24-22(13-12-20(31)14-21(32)15-23(33)34)30(19-10-8-17(27)9-11-19)29-25(24)26(35)28-18-6-4-3-5-7-18/h3-13,16,20-21,31-32H,14-15H2,1-2H3,(H,28,35)(H,33,34)/b13-12+.